The van der Waals surface area contributed by atoms with Gasteiger partial charge in [-0.1, -0.05) is 33.2 Å². The fourth-order valence-electron chi connectivity index (χ4n) is 4.53. The lowest BCUT2D eigenvalue weighted by Crippen LogP contribution is -2.59. The third-order valence-corrected chi connectivity index (χ3v) is 6.37. The number of hydrogen-bond acceptors (Lipinski definition) is 9. The molecule has 150 valence electrons. The third-order valence-electron chi connectivity index (χ3n) is 5.62. The zero-order chi connectivity index (χ0) is 20.2. The molecule has 2 bridgehead atoms. The third kappa shape index (κ3) is 2.33. The second-order valence-electron chi connectivity index (χ2n) is 6.79. The smallest absolute Gasteiger partial charge is 0.356 e. The first-order valence-corrected chi connectivity index (χ1v) is 9.53. The minimum Gasteiger partial charge on any atom is -0.467 e. The van der Waals surface area contributed by atoms with Gasteiger partial charge in [0.05, 0.1) is 32.7 Å². The maximum Gasteiger partial charge on any atom is 0.356 e. The van der Waals surface area contributed by atoms with E-state index in [1.807, 2.05) is 6.08 Å². The van der Waals surface area contributed by atoms with Gasteiger partial charge in [0.1, 0.15) is 6.10 Å². The van der Waals surface area contributed by atoms with Crippen LogP contribution in [0.2, 0.25) is 0 Å². The summed E-state index contributed by atoms with van der Waals surface area (Å²) in [5.74, 6) is -3.71. The minimum absolute atomic E-state index is 0.0384. The lowest BCUT2D eigenvalue weighted by atomic mass is 9.60. The van der Waals surface area contributed by atoms with E-state index in [4.69, 9.17) is 23.8 Å². The van der Waals surface area contributed by atoms with Crippen molar-refractivity contribution >= 4 is 39.5 Å². The number of carbonyl (C=O) groups is 3. The topological polar surface area (TPSA) is 110 Å². The van der Waals surface area contributed by atoms with Gasteiger partial charge in [0.15, 0.2) is 17.4 Å². The van der Waals surface area contributed by atoms with Crippen molar-refractivity contribution in [1.29, 1.82) is 0 Å². The molecule has 0 saturated carbocycles. The second-order valence-corrected chi connectivity index (χ2v) is 7.70. The molecular weight excluding hydrogens is 438 g/mol. The number of methoxy groups -OCH3 is 2. The summed E-state index contributed by atoms with van der Waals surface area (Å²) in [6, 6.07) is 0. The number of ether oxygens (including phenoxy) is 4. The monoisotopic (exact) mass is 455 g/mol. The molecule has 0 radical (unpaired) electrons. The SMILES string of the molecule is CCOC(=O)C1=C[C@@H]2C=C(Br)[C@H]1[C@H]1O[C@H](C(=O)OC)[C@@H]3C(C(=O)OC)=NO[C@]213. The molecule has 1 spiro atoms. The van der Waals surface area contributed by atoms with E-state index in [0.717, 1.165) is 4.48 Å². The molecule has 10 heteroatoms. The highest BCUT2D eigenvalue weighted by molar-refractivity contribution is 9.11. The van der Waals surface area contributed by atoms with Crippen LogP contribution in [0.25, 0.3) is 0 Å². The minimum atomic E-state index is -1.15. The van der Waals surface area contributed by atoms with Crippen LogP contribution < -0.4 is 0 Å². The molecule has 1 fully saturated rings. The number of oxime groups is 1. The molecule has 2 heterocycles. The molecule has 0 amide bonds. The van der Waals surface area contributed by atoms with E-state index in [2.05, 4.69) is 21.1 Å². The average molecular weight is 456 g/mol. The largest absolute Gasteiger partial charge is 0.467 e. The molecule has 2 aliphatic heterocycles. The van der Waals surface area contributed by atoms with E-state index in [1.165, 1.54) is 14.2 Å². The maximum absolute atomic E-state index is 12.5. The summed E-state index contributed by atoms with van der Waals surface area (Å²) in [5, 5.41) is 3.95. The van der Waals surface area contributed by atoms with Gasteiger partial charge in [0.25, 0.3) is 0 Å². The van der Waals surface area contributed by atoms with Crippen LogP contribution in [0.4, 0.5) is 0 Å². The van der Waals surface area contributed by atoms with Crippen molar-refractivity contribution in [3.63, 3.8) is 0 Å². The Morgan fingerprint density at radius 1 is 1.21 bits per heavy atom. The van der Waals surface area contributed by atoms with Crippen molar-refractivity contribution in [2.75, 3.05) is 20.8 Å². The van der Waals surface area contributed by atoms with Crippen LogP contribution in [0.1, 0.15) is 6.92 Å². The summed E-state index contributed by atoms with van der Waals surface area (Å²) in [6.45, 7) is 1.95. The van der Waals surface area contributed by atoms with Gasteiger partial charge in [0.2, 0.25) is 0 Å². The van der Waals surface area contributed by atoms with Crippen molar-refractivity contribution in [2.45, 2.75) is 24.7 Å². The molecule has 0 unspecified atom stereocenters. The molecular formula is C18H18BrNO8. The zero-order valence-corrected chi connectivity index (χ0v) is 16.9. The normalized spacial score (nSPS) is 37.0. The van der Waals surface area contributed by atoms with Gasteiger partial charge in [-0.05, 0) is 6.92 Å². The molecule has 6 atom stereocenters. The summed E-state index contributed by atoms with van der Waals surface area (Å²) in [4.78, 5) is 43.0. The first kappa shape index (κ1) is 19.1. The fraction of sp³-hybridized carbons (Fsp3) is 0.556. The number of halogens is 1. The van der Waals surface area contributed by atoms with E-state index in [1.54, 1.807) is 13.0 Å². The van der Waals surface area contributed by atoms with Crippen molar-refractivity contribution in [1.82, 2.24) is 0 Å². The molecule has 28 heavy (non-hydrogen) atoms. The number of carbonyl (C=O) groups excluding carboxylic acids is 3. The lowest BCUT2D eigenvalue weighted by molar-refractivity contribution is -0.158. The molecule has 0 aromatic rings. The highest BCUT2D eigenvalue weighted by Gasteiger charge is 2.74. The molecule has 0 N–H and O–H groups in total. The van der Waals surface area contributed by atoms with Crippen LogP contribution >= 0.6 is 15.9 Å². The van der Waals surface area contributed by atoms with E-state index in [9.17, 15) is 14.4 Å². The quantitative estimate of drug-likeness (QED) is 0.453. The molecule has 5 aliphatic rings. The first-order chi connectivity index (χ1) is 13.4. The lowest BCUT2D eigenvalue weighted by Gasteiger charge is -2.47. The van der Waals surface area contributed by atoms with Gasteiger partial charge in [-0.15, -0.1) is 0 Å². The Kier molecular flexibility index (Phi) is 4.58. The Bertz CT molecular complexity index is 849. The van der Waals surface area contributed by atoms with Crippen LogP contribution in [-0.4, -0.2) is 62.3 Å². The number of rotatable bonds is 4. The molecule has 3 aliphatic carbocycles. The van der Waals surface area contributed by atoms with Gasteiger partial charge in [-0.3, -0.25) is 0 Å². The van der Waals surface area contributed by atoms with Gasteiger partial charge < -0.3 is 23.8 Å². The van der Waals surface area contributed by atoms with E-state index >= 15 is 0 Å². The van der Waals surface area contributed by atoms with Crippen LogP contribution in [-0.2, 0) is 38.2 Å². The van der Waals surface area contributed by atoms with Gasteiger partial charge in [-0.2, -0.15) is 0 Å². The van der Waals surface area contributed by atoms with Crippen molar-refractivity contribution < 1.29 is 38.2 Å². The molecule has 0 aromatic carbocycles. The number of hydrogen-bond donors (Lipinski definition) is 0. The summed E-state index contributed by atoms with van der Waals surface area (Å²) in [5.41, 5.74) is -0.778. The Morgan fingerprint density at radius 2 is 1.96 bits per heavy atom. The Balaban J connectivity index is 1.82. The van der Waals surface area contributed by atoms with E-state index in [-0.39, 0.29) is 12.3 Å². The average Bonchev–Trinajstić information content (AvgIpc) is 3.23. The van der Waals surface area contributed by atoms with E-state index < -0.39 is 53.5 Å². The molecule has 5 rings (SSSR count). The second kappa shape index (κ2) is 6.70. The summed E-state index contributed by atoms with van der Waals surface area (Å²) >= 11 is 3.50. The molecule has 1 saturated heterocycles. The predicted octanol–water partition coefficient (Wildman–Crippen LogP) is 0.869. The van der Waals surface area contributed by atoms with Crippen LogP contribution in [0.3, 0.4) is 0 Å². The van der Waals surface area contributed by atoms with Crippen molar-refractivity contribution in [2.24, 2.45) is 22.9 Å². The first-order valence-electron chi connectivity index (χ1n) is 8.74. The van der Waals surface area contributed by atoms with Gasteiger partial charge in [0, 0.05) is 16.0 Å². The van der Waals surface area contributed by atoms with Crippen molar-refractivity contribution in [3.8, 4) is 0 Å². The predicted molar refractivity (Wildman–Crippen MR) is 96.1 cm³/mol. The number of esters is 3. The van der Waals surface area contributed by atoms with Crippen LogP contribution in [0, 0.1) is 17.8 Å². The maximum atomic E-state index is 12.5. The van der Waals surface area contributed by atoms with Gasteiger partial charge >= 0.3 is 17.9 Å². The molecule has 9 nitrogen and oxygen atoms in total. The highest BCUT2D eigenvalue weighted by Crippen LogP contribution is 2.60. The summed E-state index contributed by atoms with van der Waals surface area (Å²) < 4.78 is 21.6. The summed E-state index contributed by atoms with van der Waals surface area (Å²) in [7, 11) is 2.45. The Labute approximate surface area is 168 Å². The Hall–Kier alpha value is -2.20. The van der Waals surface area contributed by atoms with Crippen LogP contribution in [0.15, 0.2) is 27.4 Å². The standard InChI is InChI=1S/C18H18BrNO8/c1-4-26-15(21)8-5-7-6-9(19)10(8)14-18(7)11(13(27-14)17(23)25-3)12(20-28-18)16(22)24-2/h5-7,10-11,13-14H,4H2,1-3H3/t7-,10+,11+,13+,14-,18+/m1/s1. The Morgan fingerprint density at radius 3 is 2.61 bits per heavy atom. The summed E-state index contributed by atoms with van der Waals surface area (Å²) in [6.07, 6.45) is 1.73. The molecule has 0 aromatic heterocycles. The van der Waals surface area contributed by atoms with E-state index in [0.29, 0.717) is 5.57 Å². The zero-order valence-electron chi connectivity index (χ0n) is 15.3. The van der Waals surface area contributed by atoms with Crippen molar-refractivity contribution in [3.05, 3.63) is 22.2 Å². The fourth-order valence-corrected chi connectivity index (χ4v) is 5.30. The number of nitrogens with zero attached hydrogens (tertiary/aromatic N) is 1. The van der Waals surface area contributed by atoms with Crippen LogP contribution in [0.5, 0.6) is 0 Å². The van der Waals surface area contributed by atoms with Gasteiger partial charge in [-0.25, -0.2) is 14.4 Å². The highest BCUT2D eigenvalue weighted by atomic mass is 79.9.